The van der Waals surface area contributed by atoms with Gasteiger partial charge in [0.05, 0.1) is 36.6 Å². The molecule has 5 N–H and O–H groups in total. The van der Waals surface area contributed by atoms with Crippen molar-refractivity contribution < 1.29 is 42.9 Å². The molecule has 3 fully saturated rings. The molecule has 4 atom stereocenters. The van der Waals surface area contributed by atoms with Gasteiger partial charge in [0.15, 0.2) is 12.6 Å². The fraction of sp³-hybridized carbons (Fsp3) is 0.487. The van der Waals surface area contributed by atoms with E-state index in [0.29, 0.717) is 50.2 Å². The van der Waals surface area contributed by atoms with E-state index in [-0.39, 0.29) is 43.6 Å². The molecule has 18 nitrogen and oxygen atoms in total. The van der Waals surface area contributed by atoms with Crippen molar-refractivity contribution in [2.24, 2.45) is 0 Å². The first kappa shape index (κ1) is 39.8. The van der Waals surface area contributed by atoms with Gasteiger partial charge in [0.2, 0.25) is 24.1 Å². The second-order valence-corrected chi connectivity index (χ2v) is 14.2. The van der Waals surface area contributed by atoms with Crippen LogP contribution in [0.3, 0.4) is 0 Å². The number of imidazole rings is 1. The number of alkyl carbamates (subject to hydrolysis) is 1. The van der Waals surface area contributed by atoms with Crippen molar-refractivity contribution in [2.75, 3.05) is 59.7 Å². The highest BCUT2D eigenvalue weighted by molar-refractivity contribution is 6.04. The molecular formula is C39H49N9O9. The summed E-state index contributed by atoms with van der Waals surface area (Å²) in [6.45, 7) is 1.87. The molecule has 0 aliphatic carbocycles. The molecule has 2 aromatic heterocycles. The molecule has 7 rings (SSSR count). The Balaban J connectivity index is 1.02. The second-order valence-electron chi connectivity index (χ2n) is 14.2. The van der Waals surface area contributed by atoms with Gasteiger partial charge in [-0.1, -0.05) is 30.3 Å². The van der Waals surface area contributed by atoms with Gasteiger partial charge in [-0.25, -0.2) is 9.78 Å². The van der Waals surface area contributed by atoms with E-state index in [9.17, 15) is 19.2 Å². The van der Waals surface area contributed by atoms with Crippen molar-refractivity contribution in [2.45, 2.75) is 69.1 Å². The van der Waals surface area contributed by atoms with Crippen LogP contribution in [0.15, 0.2) is 48.7 Å². The molecule has 4 aromatic rings. The molecule has 304 valence electrons. The average Bonchev–Trinajstić information content (AvgIpc) is 4.05. The van der Waals surface area contributed by atoms with E-state index in [1.807, 2.05) is 47.4 Å². The lowest BCUT2D eigenvalue weighted by atomic mass is 10.0. The normalized spacial score (nSPS) is 19.4. The molecule has 0 bridgehead atoms. The van der Waals surface area contributed by atoms with Crippen LogP contribution in [-0.4, -0.2) is 133 Å². The smallest absolute Gasteiger partial charge is 0.407 e. The molecule has 3 saturated heterocycles. The number of carbonyl (C=O) groups is 4. The summed E-state index contributed by atoms with van der Waals surface area (Å²) in [6.07, 6.45) is 3.95. The van der Waals surface area contributed by atoms with Gasteiger partial charge in [-0.2, -0.15) is 5.10 Å². The minimum Gasteiger partial charge on any atom is -0.453 e. The zero-order valence-electron chi connectivity index (χ0n) is 32.2. The molecule has 3 aliphatic heterocycles. The lowest BCUT2D eigenvalue weighted by Gasteiger charge is -2.34. The number of rotatable bonds is 16. The van der Waals surface area contributed by atoms with E-state index in [4.69, 9.17) is 28.7 Å². The van der Waals surface area contributed by atoms with E-state index in [1.165, 1.54) is 19.1 Å². The first-order chi connectivity index (χ1) is 27.8. The van der Waals surface area contributed by atoms with E-state index in [1.54, 1.807) is 13.3 Å². The highest BCUT2D eigenvalue weighted by Crippen LogP contribution is 2.34. The zero-order chi connectivity index (χ0) is 39.9. The van der Waals surface area contributed by atoms with E-state index in [2.05, 4.69) is 31.1 Å². The quantitative estimate of drug-likeness (QED) is 0.111. The maximum Gasteiger partial charge on any atom is 0.407 e. The van der Waals surface area contributed by atoms with Gasteiger partial charge in [0.25, 0.3) is 0 Å². The average molecular weight is 788 g/mol. The maximum absolute atomic E-state index is 13.7. The van der Waals surface area contributed by atoms with Gasteiger partial charge < -0.3 is 49.1 Å². The number of benzene rings is 2. The number of fused-ring (bicyclic) bond motifs is 1. The van der Waals surface area contributed by atoms with Crippen LogP contribution in [-0.2, 0) is 38.1 Å². The number of amides is 4. The van der Waals surface area contributed by atoms with Crippen LogP contribution in [0.2, 0.25) is 0 Å². The number of anilines is 1. The summed E-state index contributed by atoms with van der Waals surface area (Å²) in [4.78, 5) is 64.3. The molecule has 3 aliphatic rings. The summed E-state index contributed by atoms with van der Waals surface area (Å²) >= 11 is 0. The van der Waals surface area contributed by atoms with Gasteiger partial charge in [0, 0.05) is 52.3 Å². The fourth-order valence-electron chi connectivity index (χ4n) is 7.61. The van der Waals surface area contributed by atoms with E-state index in [0.717, 1.165) is 46.6 Å². The zero-order valence-corrected chi connectivity index (χ0v) is 32.2. The maximum atomic E-state index is 13.7. The molecule has 0 unspecified atom stereocenters. The Bertz CT molecular complexity index is 2030. The van der Waals surface area contributed by atoms with Crippen LogP contribution < -0.4 is 16.0 Å². The summed E-state index contributed by atoms with van der Waals surface area (Å²) in [7, 11) is 4.35. The topological polar surface area (TPSA) is 214 Å². The summed E-state index contributed by atoms with van der Waals surface area (Å²) in [5.41, 5.74) is 4.38. The number of aromatic nitrogens is 4. The van der Waals surface area contributed by atoms with Crippen LogP contribution in [0.4, 0.5) is 10.6 Å². The second kappa shape index (κ2) is 18.2. The van der Waals surface area contributed by atoms with Crippen molar-refractivity contribution >= 4 is 40.5 Å². The summed E-state index contributed by atoms with van der Waals surface area (Å²) in [5, 5.41) is 16.7. The number of hydrogen-bond acceptors (Lipinski definition) is 12. The first-order valence-electron chi connectivity index (χ1n) is 19.1. The molecule has 4 amide bonds. The Labute approximate surface area is 329 Å². The molecule has 2 aromatic carbocycles. The van der Waals surface area contributed by atoms with E-state index >= 15 is 0 Å². The first-order valence-corrected chi connectivity index (χ1v) is 19.1. The number of nitrogens with zero attached hydrogens (tertiary/aromatic N) is 4. The number of H-pyrrole nitrogens is 2. The van der Waals surface area contributed by atoms with Crippen LogP contribution in [0.5, 0.6) is 0 Å². The number of nitrogens with one attached hydrogen (secondary N) is 5. The highest BCUT2D eigenvalue weighted by Gasteiger charge is 2.39. The molecule has 0 saturated carbocycles. The van der Waals surface area contributed by atoms with Crippen LogP contribution in [0, 0.1) is 0 Å². The van der Waals surface area contributed by atoms with E-state index < -0.39 is 30.6 Å². The standard InChI is InChI=1S/C39H49N9O9/c1-53-18-14-28(42-38(52)55-3)36(50)48-17-5-7-32(48)35(49)44-33-26-20-25(12-13-27(26)45-46-33)23-8-10-24(11-9-23)30-21-40-34(41-30)31-6-4-16-47(31)37(51)29(15-19-54-2)43-39-56-22-57-39/h8-13,20-21,28-29,31-32,39,43H,4-7,14-19,22H2,1-3H3,(H,40,41)(H,42,52)(H2,44,45,46,49)/t28-,29-,31-,32-/m0/s1. The summed E-state index contributed by atoms with van der Waals surface area (Å²) in [6, 6.07) is 11.6. The minimum absolute atomic E-state index is 0.0410. The van der Waals surface area contributed by atoms with Crippen LogP contribution in [0.1, 0.15) is 50.4 Å². The number of aromatic amines is 2. The van der Waals surface area contributed by atoms with Crippen LogP contribution >= 0.6 is 0 Å². The van der Waals surface area contributed by atoms with Gasteiger partial charge in [-0.3, -0.25) is 24.8 Å². The molecule has 0 radical (unpaired) electrons. The summed E-state index contributed by atoms with van der Waals surface area (Å²) < 4.78 is 25.7. The third-order valence-corrected chi connectivity index (χ3v) is 10.7. The molecule has 18 heteroatoms. The number of carbonyl (C=O) groups excluding carboxylic acids is 4. The fourth-order valence-corrected chi connectivity index (χ4v) is 7.61. The van der Waals surface area contributed by atoms with Gasteiger partial charge in [-0.05, 0) is 60.9 Å². The highest BCUT2D eigenvalue weighted by atomic mass is 16.9. The van der Waals surface area contributed by atoms with Crippen molar-refractivity contribution in [3.05, 3.63) is 54.5 Å². The minimum atomic E-state index is -0.898. The third-order valence-electron chi connectivity index (χ3n) is 10.7. The van der Waals surface area contributed by atoms with Crippen molar-refractivity contribution in [1.29, 1.82) is 0 Å². The van der Waals surface area contributed by atoms with Crippen LogP contribution in [0.25, 0.3) is 33.3 Å². The predicted octanol–water partition coefficient (Wildman–Crippen LogP) is 3.26. The molecule has 5 heterocycles. The van der Waals surface area contributed by atoms with Gasteiger partial charge in [-0.15, -0.1) is 0 Å². The van der Waals surface area contributed by atoms with Crippen molar-refractivity contribution in [3.63, 3.8) is 0 Å². The largest absolute Gasteiger partial charge is 0.453 e. The summed E-state index contributed by atoms with van der Waals surface area (Å²) in [5.74, 6) is 0.305. The SMILES string of the molecule is COCC[C@H](NC(=O)OC)C(=O)N1CCC[C@H]1C(=O)Nc1n[nH]c2ccc(-c3ccc(-c4cnc([C@@H]5CCCN5C(=O)[C@H](CCOC)NC5OCO5)[nH]4)cc3)cc12. The Kier molecular flexibility index (Phi) is 12.7. The Morgan fingerprint density at radius 1 is 0.877 bits per heavy atom. The lowest BCUT2D eigenvalue weighted by molar-refractivity contribution is -0.335. The van der Waals surface area contributed by atoms with Gasteiger partial charge >= 0.3 is 6.09 Å². The van der Waals surface area contributed by atoms with Gasteiger partial charge in [0.1, 0.15) is 17.9 Å². The molecular weight excluding hydrogens is 738 g/mol. The van der Waals surface area contributed by atoms with Crippen molar-refractivity contribution in [3.8, 4) is 22.4 Å². The van der Waals surface area contributed by atoms with Crippen molar-refractivity contribution in [1.82, 2.24) is 40.6 Å². The number of likely N-dealkylation sites (tertiary alicyclic amines) is 2. The predicted molar refractivity (Wildman–Crippen MR) is 206 cm³/mol. The Morgan fingerprint density at radius 3 is 2.28 bits per heavy atom. The number of ether oxygens (including phenoxy) is 5. The Hall–Kier alpha value is -5.40. The number of hydrogen-bond donors (Lipinski definition) is 5. The number of methoxy groups -OCH3 is 3. The Morgan fingerprint density at radius 2 is 1.56 bits per heavy atom. The monoisotopic (exact) mass is 787 g/mol. The lowest BCUT2D eigenvalue weighted by Crippen LogP contribution is -2.54. The third kappa shape index (κ3) is 8.94. The molecule has 57 heavy (non-hydrogen) atoms. The molecule has 0 spiro atoms.